The van der Waals surface area contributed by atoms with Crippen LogP contribution in [0.3, 0.4) is 0 Å². The normalized spacial score (nSPS) is 14.6. The van der Waals surface area contributed by atoms with Gasteiger partial charge < -0.3 is 9.40 Å². The van der Waals surface area contributed by atoms with E-state index >= 15 is 0 Å². The Morgan fingerprint density at radius 1 is 1.19 bits per heavy atom. The van der Waals surface area contributed by atoms with Crippen LogP contribution in [0, 0.1) is 20.8 Å². The number of aromatic amines is 1. The Labute approximate surface area is 158 Å². The minimum Gasteiger partial charge on any atom is -0.419 e. The topological polar surface area (TPSA) is 101 Å². The molecule has 3 aromatic rings. The summed E-state index contributed by atoms with van der Waals surface area (Å²) in [5, 5.41) is 8.17. The molecule has 2 aromatic heterocycles. The molecular formula is C19H22N4O3S. The molecular weight excluding hydrogens is 364 g/mol. The third-order valence-corrected chi connectivity index (χ3v) is 6.61. The number of nitrogens with one attached hydrogen (secondary N) is 2. The van der Waals surface area contributed by atoms with Crippen LogP contribution in [-0.4, -0.2) is 23.6 Å². The second kappa shape index (κ2) is 6.61. The molecule has 0 aliphatic heterocycles. The lowest BCUT2D eigenvalue weighted by atomic mass is 10.1. The van der Waals surface area contributed by atoms with E-state index in [1.54, 1.807) is 13.8 Å². The average Bonchev–Trinajstić information content (AvgIpc) is 3.27. The quantitative estimate of drug-likeness (QED) is 0.677. The van der Waals surface area contributed by atoms with Crippen molar-refractivity contribution in [3.8, 4) is 11.6 Å². The fraction of sp³-hybridized carbons (Fsp3) is 0.368. The molecule has 0 saturated heterocycles. The van der Waals surface area contributed by atoms with Gasteiger partial charge in [0.25, 0.3) is 5.89 Å². The fourth-order valence-corrected chi connectivity index (χ4v) is 4.68. The van der Waals surface area contributed by atoms with Crippen molar-refractivity contribution < 1.29 is 12.8 Å². The lowest BCUT2D eigenvalue weighted by molar-refractivity contribution is 0.507. The highest BCUT2D eigenvalue weighted by Gasteiger charge is 2.31. The summed E-state index contributed by atoms with van der Waals surface area (Å²) in [7, 11) is -3.69. The van der Waals surface area contributed by atoms with Crippen LogP contribution in [0.4, 0.5) is 0 Å². The molecule has 1 saturated carbocycles. The molecule has 8 heteroatoms. The van der Waals surface area contributed by atoms with Gasteiger partial charge in [0, 0.05) is 18.2 Å². The van der Waals surface area contributed by atoms with Crippen LogP contribution < -0.4 is 4.72 Å². The maximum Gasteiger partial charge on any atom is 0.264 e. The first kappa shape index (κ1) is 17.9. The second-order valence-electron chi connectivity index (χ2n) is 7.05. The first-order valence-electron chi connectivity index (χ1n) is 8.94. The molecule has 0 amide bonds. The molecule has 2 heterocycles. The van der Waals surface area contributed by atoms with Gasteiger partial charge in [-0.3, -0.25) is 0 Å². The maximum atomic E-state index is 12.9. The first-order valence-corrected chi connectivity index (χ1v) is 10.4. The second-order valence-corrected chi connectivity index (χ2v) is 8.75. The van der Waals surface area contributed by atoms with Crippen LogP contribution in [0.15, 0.2) is 33.6 Å². The van der Waals surface area contributed by atoms with Crippen molar-refractivity contribution in [2.24, 2.45) is 0 Å². The first-order chi connectivity index (χ1) is 12.9. The maximum absolute atomic E-state index is 12.9. The molecule has 4 rings (SSSR count). The van der Waals surface area contributed by atoms with Crippen molar-refractivity contribution in [2.45, 2.75) is 51.0 Å². The van der Waals surface area contributed by atoms with Gasteiger partial charge in [0.15, 0.2) is 0 Å². The number of aryl methyl sites for hydroxylation is 2. The van der Waals surface area contributed by atoms with Crippen LogP contribution in [0.2, 0.25) is 0 Å². The molecule has 1 aromatic carbocycles. The van der Waals surface area contributed by atoms with E-state index in [0.29, 0.717) is 34.7 Å². The number of nitrogens with zero attached hydrogens (tertiary/aromatic N) is 2. The summed E-state index contributed by atoms with van der Waals surface area (Å²) in [5.74, 6) is 1.30. The highest BCUT2D eigenvalue weighted by Crippen LogP contribution is 2.40. The molecule has 0 radical (unpaired) electrons. The number of H-pyrrole nitrogens is 1. The van der Waals surface area contributed by atoms with Gasteiger partial charge in [-0.15, -0.1) is 10.2 Å². The average molecular weight is 386 g/mol. The number of sulfonamides is 1. The lowest BCUT2D eigenvalue weighted by Crippen LogP contribution is -2.24. The van der Waals surface area contributed by atoms with Crippen LogP contribution >= 0.6 is 0 Å². The Morgan fingerprint density at radius 3 is 2.63 bits per heavy atom. The lowest BCUT2D eigenvalue weighted by Gasteiger charge is -2.09. The van der Waals surface area contributed by atoms with E-state index in [9.17, 15) is 8.42 Å². The van der Waals surface area contributed by atoms with Crippen LogP contribution in [0.1, 0.15) is 47.0 Å². The molecule has 27 heavy (non-hydrogen) atoms. The Kier molecular flexibility index (Phi) is 4.39. The number of hydrogen-bond donors (Lipinski definition) is 2. The summed E-state index contributed by atoms with van der Waals surface area (Å²) in [6.07, 6.45) is 2.12. The minimum atomic E-state index is -3.69. The molecule has 7 nitrogen and oxygen atoms in total. The summed E-state index contributed by atoms with van der Waals surface area (Å²) in [6, 6.07) is 7.70. The van der Waals surface area contributed by atoms with E-state index in [-0.39, 0.29) is 11.4 Å². The van der Waals surface area contributed by atoms with E-state index in [1.165, 1.54) is 0 Å². The van der Waals surface area contributed by atoms with Gasteiger partial charge in [0.1, 0.15) is 10.6 Å². The standard InChI is InChI=1S/C19H22N4O3S/c1-11-6-4-5-7-15(11)10-20-27(24,25)17-12(2)16(21-13(17)3)19-23-22-18(26-19)14-8-9-14/h4-7,14,20-21H,8-10H2,1-3H3. The zero-order valence-electron chi connectivity index (χ0n) is 15.5. The molecule has 1 aliphatic carbocycles. The van der Waals surface area contributed by atoms with Crippen LogP contribution in [-0.2, 0) is 16.6 Å². The van der Waals surface area contributed by atoms with Crippen LogP contribution in [0.25, 0.3) is 11.6 Å². The van der Waals surface area contributed by atoms with E-state index in [1.807, 2.05) is 31.2 Å². The van der Waals surface area contributed by atoms with Crippen molar-refractivity contribution in [3.63, 3.8) is 0 Å². The summed E-state index contributed by atoms with van der Waals surface area (Å²) in [4.78, 5) is 3.34. The predicted octanol–water partition coefficient (Wildman–Crippen LogP) is 3.35. The third-order valence-electron chi connectivity index (χ3n) is 4.93. The predicted molar refractivity (Wildman–Crippen MR) is 101 cm³/mol. The van der Waals surface area contributed by atoms with Crippen LogP contribution in [0.5, 0.6) is 0 Å². The number of aromatic nitrogens is 3. The molecule has 1 fully saturated rings. The summed E-state index contributed by atoms with van der Waals surface area (Å²) in [5.41, 5.74) is 3.67. The Hall–Kier alpha value is -2.45. The number of hydrogen-bond acceptors (Lipinski definition) is 5. The van der Waals surface area contributed by atoms with Crippen molar-refractivity contribution in [1.29, 1.82) is 0 Å². The van der Waals surface area contributed by atoms with E-state index in [0.717, 1.165) is 24.0 Å². The Bertz CT molecular complexity index is 1090. The van der Waals surface area contributed by atoms with Crippen molar-refractivity contribution >= 4 is 10.0 Å². The monoisotopic (exact) mass is 386 g/mol. The fourth-order valence-electron chi connectivity index (χ4n) is 3.23. The number of benzene rings is 1. The zero-order valence-corrected chi connectivity index (χ0v) is 16.4. The van der Waals surface area contributed by atoms with Gasteiger partial charge in [-0.05, 0) is 50.3 Å². The zero-order chi connectivity index (χ0) is 19.2. The highest BCUT2D eigenvalue weighted by molar-refractivity contribution is 7.89. The molecule has 1 aliphatic rings. The summed E-state index contributed by atoms with van der Waals surface area (Å²) >= 11 is 0. The molecule has 0 bridgehead atoms. The van der Waals surface area contributed by atoms with E-state index in [2.05, 4.69) is 19.9 Å². The van der Waals surface area contributed by atoms with Gasteiger partial charge >= 0.3 is 0 Å². The third kappa shape index (κ3) is 3.42. The molecule has 142 valence electrons. The highest BCUT2D eigenvalue weighted by atomic mass is 32.2. The van der Waals surface area contributed by atoms with Gasteiger partial charge in [-0.25, -0.2) is 13.1 Å². The molecule has 0 atom stereocenters. The Balaban J connectivity index is 1.62. The van der Waals surface area contributed by atoms with E-state index < -0.39 is 10.0 Å². The Morgan fingerprint density at radius 2 is 1.93 bits per heavy atom. The van der Waals surface area contributed by atoms with Crippen molar-refractivity contribution in [2.75, 3.05) is 0 Å². The number of rotatable bonds is 6. The van der Waals surface area contributed by atoms with Gasteiger partial charge in [0.05, 0.1) is 0 Å². The van der Waals surface area contributed by atoms with Crippen molar-refractivity contribution in [1.82, 2.24) is 19.9 Å². The summed E-state index contributed by atoms with van der Waals surface area (Å²) < 4.78 is 34.3. The van der Waals surface area contributed by atoms with Gasteiger partial charge in [0.2, 0.25) is 15.9 Å². The summed E-state index contributed by atoms with van der Waals surface area (Å²) in [6.45, 7) is 5.68. The smallest absolute Gasteiger partial charge is 0.264 e. The van der Waals surface area contributed by atoms with Gasteiger partial charge in [-0.2, -0.15) is 0 Å². The molecule has 0 spiro atoms. The molecule has 0 unspecified atom stereocenters. The SMILES string of the molecule is Cc1ccccc1CNS(=O)(=O)c1c(C)[nH]c(-c2nnc(C3CC3)o2)c1C. The van der Waals surface area contributed by atoms with E-state index in [4.69, 9.17) is 4.42 Å². The van der Waals surface area contributed by atoms with Gasteiger partial charge in [-0.1, -0.05) is 24.3 Å². The van der Waals surface area contributed by atoms with Crippen molar-refractivity contribution in [3.05, 3.63) is 52.5 Å². The largest absolute Gasteiger partial charge is 0.419 e. The molecule has 2 N–H and O–H groups in total. The minimum absolute atomic E-state index is 0.234.